The predicted molar refractivity (Wildman–Crippen MR) is 64.6 cm³/mol. The first kappa shape index (κ1) is 15.0. The van der Waals surface area contributed by atoms with Crippen molar-refractivity contribution in [2.24, 2.45) is 0 Å². The third-order valence-corrected chi connectivity index (χ3v) is 2.61. The lowest BCUT2D eigenvalue weighted by molar-refractivity contribution is -0.384. The fraction of sp³-hybridized carbons (Fsp3) is 0.364. The van der Waals surface area contributed by atoms with Crippen LogP contribution >= 0.6 is 0 Å². The molecule has 0 spiro atoms. The van der Waals surface area contributed by atoms with Gasteiger partial charge in [0.1, 0.15) is 5.54 Å². The molecule has 0 unspecified atom stereocenters. The van der Waals surface area contributed by atoms with Crippen LogP contribution in [0.4, 0.5) is 5.69 Å². The molecule has 0 heterocycles. The Morgan fingerprint density at radius 3 is 2.32 bits per heavy atom. The minimum absolute atomic E-state index is 0.00562. The number of aliphatic hydroxyl groups is 3. The summed E-state index contributed by atoms with van der Waals surface area (Å²) in [5.74, 6) is -0.735. The maximum atomic E-state index is 11.8. The highest BCUT2D eigenvalue weighted by atomic mass is 16.6. The lowest BCUT2D eigenvalue weighted by Gasteiger charge is -2.28. The highest BCUT2D eigenvalue weighted by Crippen LogP contribution is 2.14. The standard InChI is InChI=1S/C11H14N2O6/c14-5-11(6-15,7-16)12-10(17)8-2-1-3-9(4-8)13(18)19/h1-4,14-16H,5-7H2,(H,12,17). The van der Waals surface area contributed by atoms with Gasteiger partial charge in [0, 0.05) is 17.7 Å². The Labute approximate surface area is 108 Å². The van der Waals surface area contributed by atoms with Crippen molar-refractivity contribution >= 4 is 11.6 Å². The molecule has 8 heteroatoms. The van der Waals surface area contributed by atoms with Crippen LogP contribution in [0.1, 0.15) is 10.4 Å². The van der Waals surface area contributed by atoms with Crippen molar-refractivity contribution in [1.82, 2.24) is 5.32 Å². The summed E-state index contributed by atoms with van der Waals surface area (Å²) in [6.07, 6.45) is 0. The van der Waals surface area contributed by atoms with Gasteiger partial charge in [-0.25, -0.2) is 0 Å². The van der Waals surface area contributed by atoms with Crippen LogP contribution in [-0.4, -0.2) is 51.5 Å². The molecule has 0 bridgehead atoms. The first-order valence-electron chi connectivity index (χ1n) is 5.37. The number of rotatable bonds is 6. The number of nitro benzene ring substituents is 1. The second-order valence-corrected chi connectivity index (χ2v) is 4.02. The number of amides is 1. The number of carbonyl (C=O) groups excluding carboxylic acids is 1. The molecule has 0 fully saturated rings. The monoisotopic (exact) mass is 270 g/mol. The second-order valence-electron chi connectivity index (χ2n) is 4.02. The van der Waals surface area contributed by atoms with Gasteiger partial charge in [-0.05, 0) is 6.07 Å². The van der Waals surface area contributed by atoms with E-state index in [1.807, 2.05) is 0 Å². The van der Waals surface area contributed by atoms with Crippen LogP contribution in [-0.2, 0) is 0 Å². The van der Waals surface area contributed by atoms with E-state index in [4.69, 9.17) is 15.3 Å². The Morgan fingerprint density at radius 1 is 1.26 bits per heavy atom. The largest absolute Gasteiger partial charge is 0.394 e. The summed E-state index contributed by atoms with van der Waals surface area (Å²) in [7, 11) is 0. The quantitative estimate of drug-likeness (QED) is 0.388. The average molecular weight is 270 g/mol. The molecule has 4 N–H and O–H groups in total. The van der Waals surface area contributed by atoms with Gasteiger partial charge in [-0.3, -0.25) is 14.9 Å². The average Bonchev–Trinajstić information content (AvgIpc) is 2.45. The number of nitro groups is 1. The molecule has 0 saturated carbocycles. The van der Waals surface area contributed by atoms with Crippen LogP contribution in [0, 0.1) is 10.1 Å². The summed E-state index contributed by atoms with van der Waals surface area (Å²) >= 11 is 0. The third kappa shape index (κ3) is 3.47. The first-order chi connectivity index (χ1) is 8.98. The molecule has 0 saturated heterocycles. The van der Waals surface area contributed by atoms with Crippen LogP contribution in [0.5, 0.6) is 0 Å². The van der Waals surface area contributed by atoms with Crippen LogP contribution < -0.4 is 5.32 Å². The first-order valence-corrected chi connectivity index (χ1v) is 5.37. The van der Waals surface area contributed by atoms with E-state index in [1.54, 1.807) is 0 Å². The molecular weight excluding hydrogens is 256 g/mol. The molecule has 8 nitrogen and oxygen atoms in total. The van der Waals surface area contributed by atoms with Gasteiger partial charge in [0.2, 0.25) is 0 Å². The number of benzene rings is 1. The van der Waals surface area contributed by atoms with Crippen molar-refractivity contribution in [2.45, 2.75) is 5.54 Å². The van der Waals surface area contributed by atoms with Gasteiger partial charge in [-0.2, -0.15) is 0 Å². The molecule has 0 radical (unpaired) electrons. The van der Waals surface area contributed by atoms with Gasteiger partial charge < -0.3 is 20.6 Å². The predicted octanol–water partition coefficient (Wildman–Crippen LogP) is -0.960. The van der Waals surface area contributed by atoms with Crippen molar-refractivity contribution < 1.29 is 25.0 Å². The lowest BCUT2D eigenvalue weighted by atomic mass is 10.0. The Morgan fingerprint density at radius 2 is 1.84 bits per heavy atom. The zero-order valence-corrected chi connectivity index (χ0v) is 9.94. The van der Waals surface area contributed by atoms with Crippen molar-refractivity contribution in [3.05, 3.63) is 39.9 Å². The molecule has 1 aromatic carbocycles. The van der Waals surface area contributed by atoms with E-state index in [2.05, 4.69) is 5.32 Å². The number of nitrogens with zero attached hydrogens (tertiary/aromatic N) is 1. The normalized spacial score (nSPS) is 11.1. The van der Waals surface area contributed by atoms with Gasteiger partial charge in [0.05, 0.1) is 24.7 Å². The smallest absolute Gasteiger partial charge is 0.270 e. The van der Waals surface area contributed by atoms with Gasteiger partial charge in [-0.1, -0.05) is 6.07 Å². The number of nitrogens with one attached hydrogen (secondary N) is 1. The van der Waals surface area contributed by atoms with Crippen molar-refractivity contribution in [3.8, 4) is 0 Å². The van der Waals surface area contributed by atoms with Crippen LogP contribution in [0.3, 0.4) is 0 Å². The Balaban J connectivity index is 2.94. The number of non-ortho nitro benzene ring substituents is 1. The molecule has 0 aliphatic heterocycles. The minimum Gasteiger partial charge on any atom is -0.394 e. The Kier molecular flexibility index (Phi) is 4.93. The molecule has 1 rings (SSSR count). The number of aliphatic hydroxyl groups excluding tert-OH is 3. The lowest BCUT2D eigenvalue weighted by Crippen LogP contribution is -2.57. The van der Waals surface area contributed by atoms with Crippen LogP contribution in [0.25, 0.3) is 0 Å². The fourth-order valence-corrected chi connectivity index (χ4v) is 1.34. The maximum Gasteiger partial charge on any atom is 0.270 e. The summed E-state index contributed by atoms with van der Waals surface area (Å²) in [4.78, 5) is 21.8. The van der Waals surface area contributed by atoms with Gasteiger partial charge in [0.25, 0.3) is 11.6 Å². The molecule has 1 amide bonds. The van der Waals surface area contributed by atoms with E-state index in [9.17, 15) is 14.9 Å². The summed E-state index contributed by atoms with van der Waals surface area (Å²) in [6.45, 7) is -2.00. The van der Waals surface area contributed by atoms with Crippen molar-refractivity contribution in [1.29, 1.82) is 0 Å². The van der Waals surface area contributed by atoms with E-state index in [0.717, 1.165) is 6.07 Å². The molecule has 0 aromatic heterocycles. The molecular formula is C11H14N2O6. The number of carbonyl (C=O) groups is 1. The van der Waals surface area contributed by atoms with E-state index in [-0.39, 0.29) is 11.3 Å². The summed E-state index contributed by atoms with van der Waals surface area (Å²) in [5, 5.41) is 40.1. The molecule has 19 heavy (non-hydrogen) atoms. The summed E-state index contributed by atoms with van der Waals surface area (Å²) in [5.41, 5.74) is -1.83. The summed E-state index contributed by atoms with van der Waals surface area (Å²) < 4.78 is 0. The SMILES string of the molecule is O=C(NC(CO)(CO)CO)c1cccc([N+](=O)[O-])c1. The van der Waals surface area contributed by atoms with Gasteiger partial charge in [0.15, 0.2) is 0 Å². The molecule has 104 valence electrons. The molecule has 0 aliphatic rings. The fourth-order valence-electron chi connectivity index (χ4n) is 1.34. The highest BCUT2D eigenvalue weighted by molar-refractivity contribution is 5.95. The third-order valence-electron chi connectivity index (χ3n) is 2.61. The number of hydrogen-bond acceptors (Lipinski definition) is 6. The summed E-state index contributed by atoms with van der Waals surface area (Å²) in [6, 6.07) is 4.98. The van der Waals surface area contributed by atoms with E-state index < -0.39 is 36.2 Å². The Bertz CT molecular complexity index is 464. The minimum atomic E-state index is -1.57. The zero-order chi connectivity index (χ0) is 14.5. The van der Waals surface area contributed by atoms with E-state index in [0.29, 0.717) is 0 Å². The highest BCUT2D eigenvalue weighted by Gasteiger charge is 2.30. The van der Waals surface area contributed by atoms with Crippen molar-refractivity contribution in [2.75, 3.05) is 19.8 Å². The van der Waals surface area contributed by atoms with Crippen LogP contribution in [0.2, 0.25) is 0 Å². The zero-order valence-electron chi connectivity index (χ0n) is 9.94. The van der Waals surface area contributed by atoms with E-state index in [1.165, 1.54) is 18.2 Å². The molecule has 1 aromatic rings. The maximum absolute atomic E-state index is 11.8. The van der Waals surface area contributed by atoms with Gasteiger partial charge in [-0.15, -0.1) is 0 Å². The number of hydrogen-bond donors (Lipinski definition) is 4. The molecule has 0 atom stereocenters. The second kappa shape index (κ2) is 6.23. The van der Waals surface area contributed by atoms with E-state index >= 15 is 0 Å². The van der Waals surface area contributed by atoms with Crippen molar-refractivity contribution in [3.63, 3.8) is 0 Å². The van der Waals surface area contributed by atoms with Crippen LogP contribution in [0.15, 0.2) is 24.3 Å². The molecule has 0 aliphatic carbocycles. The Hall–Kier alpha value is -2.03. The van der Waals surface area contributed by atoms with Gasteiger partial charge >= 0.3 is 0 Å². The topological polar surface area (TPSA) is 133 Å².